The second kappa shape index (κ2) is 6.96. The number of aryl methyl sites for hydroxylation is 2. The number of aromatic nitrogens is 2. The molecule has 21 heavy (non-hydrogen) atoms. The largest absolute Gasteiger partial charge is 0.487 e. The molecule has 1 heterocycles. The van der Waals surface area contributed by atoms with E-state index in [1.165, 1.54) is 0 Å². The lowest BCUT2D eigenvalue weighted by Gasteiger charge is -2.10. The maximum Gasteiger partial charge on any atom is 0.131 e. The van der Waals surface area contributed by atoms with Crippen LogP contribution >= 0.6 is 11.6 Å². The minimum absolute atomic E-state index is 0.383. The van der Waals surface area contributed by atoms with Gasteiger partial charge in [0.25, 0.3) is 0 Å². The van der Waals surface area contributed by atoms with Crippen LogP contribution in [0.1, 0.15) is 43.8 Å². The van der Waals surface area contributed by atoms with Gasteiger partial charge < -0.3 is 9.84 Å². The van der Waals surface area contributed by atoms with E-state index in [2.05, 4.69) is 5.10 Å². The molecule has 0 saturated carbocycles. The molecular formula is C16H21ClN2O2. The van der Waals surface area contributed by atoms with Gasteiger partial charge in [0.1, 0.15) is 12.4 Å². The summed E-state index contributed by atoms with van der Waals surface area (Å²) in [4.78, 5) is 0. The Morgan fingerprint density at radius 3 is 2.48 bits per heavy atom. The first kappa shape index (κ1) is 15.9. The Morgan fingerprint density at radius 2 is 1.95 bits per heavy atom. The van der Waals surface area contributed by atoms with E-state index >= 15 is 0 Å². The zero-order valence-corrected chi connectivity index (χ0v) is 13.4. The van der Waals surface area contributed by atoms with Crippen LogP contribution in [-0.4, -0.2) is 14.9 Å². The average Bonchev–Trinajstić information content (AvgIpc) is 2.81. The van der Waals surface area contributed by atoms with Crippen molar-refractivity contribution >= 4 is 11.6 Å². The van der Waals surface area contributed by atoms with Crippen LogP contribution in [0.25, 0.3) is 0 Å². The zero-order valence-electron chi connectivity index (χ0n) is 12.6. The van der Waals surface area contributed by atoms with E-state index < -0.39 is 6.10 Å². The number of aliphatic hydroxyl groups is 1. The molecule has 1 atom stereocenters. The summed E-state index contributed by atoms with van der Waals surface area (Å²) in [5, 5.41) is 14.6. The SMILES string of the molecule is CCc1nn(CC)c(COc2ccc([C@H](C)O)cc2)c1Cl. The van der Waals surface area contributed by atoms with Crippen LogP contribution in [0.15, 0.2) is 24.3 Å². The highest BCUT2D eigenvalue weighted by Gasteiger charge is 2.14. The highest BCUT2D eigenvalue weighted by Crippen LogP contribution is 2.24. The van der Waals surface area contributed by atoms with Gasteiger partial charge in [0.05, 0.1) is 22.5 Å². The van der Waals surface area contributed by atoms with E-state index in [4.69, 9.17) is 16.3 Å². The van der Waals surface area contributed by atoms with Gasteiger partial charge in [-0.15, -0.1) is 0 Å². The number of aliphatic hydroxyl groups excluding tert-OH is 1. The molecule has 4 nitrogen and oxygen atoms in total. The number of halogens is 1. The molecule has 0 aliphatic heterocycles. The maximum absolute atomic E-state index is 9.49. The van der Waals surface area contributed by atoms with E-state index in [1.807, 2.05) is 42.8 Å². The summed E-state index contributed by atoms with van der Waals surface area (Å²) >= 11 is 6.35. The second-order valence-electron chi connectivity index (χ2n) is 4.91. The number of nitrogens with zero attached hydrogens (tertiary/aromatic N) is 2. The molecule has 5 heteroatoms. The van der Waals surface area contributed by atoms with Gasteiger partial charge in [-0.2, -0.15) is 5.10 Å². The van der Waals surface area contributed by atoms with Gasteiger partial charge in [-0.05, 0) is 38.0 Å². The van der Waals surface area contributed by atoms with Gasteiger partial charge in [-0.25, -0.2) is 0 Å². The topological polar surface area (TPSA) is 47.3 Å². The van der Waals surface area contributed by atoms with Crippen LogP contribution in [0.5, 0.6) is 5.75 Å². The standard InChI is InChI=1S/C16H21ClN2O2/c1-4-14-16(17)15(19(5-2)18-14)10-21-13-8-6-12(7-9-13)11(3)20/h6-9,11,20H,4-5,10H2,1-3H3/t11-/m0/s1. The molecule has 0 amide bonds. The zero-order chi connectivity index (χ0) is 15.4. The minimum atomic E-state index is -0.470. The summed E-state index contributed by atoms with van der Waals surface area (Å²) in [6, 6.07) is 7.42. The summed E-state index contributed by atoms with van der Waals surface area (Å²) in [5.74, 6) is 0.748. The number of hydrogen-bond acceptors (Lipinski definition) is 3. The normalized spacial score (nSPS) is 12.4. The van der Waals surface area contributed by atoms with Crippen molar-refractivity contribution in [2.45, 2.75) is 46.4 Å². The molecule has 0 unspecified atom stereocenters. The molecular weight excluding hydrogens is 288 g/mol. The fraction of sp³-hybridized carbons (Fsp3) is 0.438. The van der Waals surface area contributed by atoms with Gasteiger partial charge in [-0.3, -0.25) is 4.68 Å². The third-order valence-electron chi connectivity index (χ3n) is 3.43. The van der Waals surface area contributed by atoms with Crippen molar-refractivity contribution in [1.29, 1.82) is 0 Å². The molecule has 0 aliphatic rings. The van der Waals surface area contributed by atoms with Crippen LogP contribution in [0.3, 0.4) is 0 Å². The van der Waals surface area contributed by atoms with Crippen molar-refractivity contribution < 1.29 is 9.84 Å². The second-order valence-corrected chi connectivity index (χ2v) is 5.29. The predicted molar refractivity (Wildman–Crippen MR) is 83.7 cm³/mol. The Labute approximate surface area is 130 Å². The summed E-state index contributed by atoms with van der Waals surface area (Å²) < 4.78 is 7.66. The molecule has 0 fully saturated rings. The fourth-order valence-electron chi connectivity index (χ4n) is 2.15. The summed E-state index contributed by atoms with van der Waals surface area (Å²) in [6.07, 6.45) is 0.337. The van der Waals surface area contributed by atoms with Crippen LogP contribution < -0.4 is 4.74 Å². The molecule has 114 valence electrons. The van der Waals surface area contributed by atoms with E-state index in [0.29, 0.717) is 11.6 Å². The fourth-order valence-corrected chi connectivity index (χ4v) is 2.47. The maximum atomic E-state index is 9.49. The third-order valence-corrected chi connectivity index (χ3v) is 3.87. The molecule has 1 aromatic heterocycles. The van der Waals surface area contributed by atoms with Gasteiger partial charge in [0.2, 0.25) is 0 Å². The molecule has 0 radical (unpaired) electrons. The quantitative estimate of drug-likeness (QED) is 0.884. The number of ether oxygens (including phenoxy) is 1. The molecule has 2 aromatic rings. The summed E-state index contributed by atoms with van der Waals surface area (Å²) in [5.41, 5.74) is 2.67. The lowest BCUT2D eigenvalue weighted by atomic mass is 10.1. The van der Waals surface area contributed by atoms with Crippen molar-refractivity contribution in [3.63, 3.8) is 0 Å². The Bertz CT molecular complexity index is 591. The van der Waals surface area contributed by atoms with E-state index in [-0.39, 0.29) is 0 Å². The lowest BCUT2D eigenvalue weighted by Crippen LogP contribution is -2.06. The van der Waals surface area contributed by atoms with Crippen molar-refractivity contribution in [2.24, 2.45) is 0 Å². The van der Waals surface area contributed by atoms with Crippen molar-refractivity contribution in [2.75, 3.05) is 0 Å². The third kappa shape index (κ3) is 3.57. The van der Waals surface area contributed by atoms with Crippen LogP contribution in [-0.2, 0) is 19.6 Å². The highest BCUT2D eigenvalue weighted by atomic mass is 35.5. The first-order chi connectivity index (χ1) is 10.1. The Morgan fingerprint density at radius 1 is 1.29 bits per heavy atom. The first-order valence-corrected chi connectivity index (χ1v) is 7.59. The van der Waals surface area contributed by atoms with Crippen LogP contribution in [0.2, 0.25) is 5.02 Å². The number of hydrogen-bond donors (Lipinski definition) is 1. The molecule has 0 saturated heterocycles. The Kier molecular flexibility index (Phi) is 5.26. The molecule has 0 spiro atoms. The average molecular weight is 309 g/mol. The first-order valence-electron chi connectivity index (χ1n) is 7.21. The monoisotopic (exact) mass is 308 g/mol. The van der Waals surface area contributed by atoms with Gasteiger partial charge >= 0.3 is 0 Å². The van der Waals surface area contributed by atoms with Crippen molar-refractivity contribution in [3.05, 3.63) is 46.2 Å². The Balaban J connectivity index is 2.10. The van der Waals surface area contributed by atoms with Crippen molar-refractivity contribution in [3.8, 4) is 5.75 Å². The van der Waals surface area contributed by atoms with Gasteiger partial charge in [0, 0.05) is 6.54 Å². The van der Waals surface area contributed by atoms with E-state index in [9.17, 15) is 5.11 Å². The van der Waals surface area contributed by atoms with Crippen LogP contribution in [0.4, 0.5) is 0 Å². The molecule has 0 aliphatic carbocycles. The van der Waals surface area contributed by atoms with Crippen LogP contribution in [0, 0.1) is 0 Å². The smallest absolute Gasteiger partial charge is 0.131 e. The van der Waals surface area contributed by atoms with E-state index in [1.54, 1.807) is 6.92 Å². The summed E-state index contributed by atoms with van der Waals surface area (Å²) in [7, 11) is 0. The molecule has 1 aromatic carbocycles. The molecule has 1 N–H and O–H groups in total. The van der Waals surface area contributed by atoms with E-state index in [0.717, 1.165) is 35.7 Å². The van der Waals surface area contributed by atoms with Crippen molar-refractivity contribution in [1.82, 2.24) is 9.78 Å². The lowest BCUT2D eigenvalue weighted by molar-refractivity contribution is 0.199. The molecule has 0 bridgehead atoms. The Hall–Kier alpha value is -1.52. The van der Waals surface area contributed by atoms with Gasteiger partial charge in [-0.1, -0.05) is 30.7 Å². The molecule has 2 rings (SSSR count). The predicted octanol–water partition coefficient (Wildman–Crippen LogP) is 3.75. The number of benzene rings is 1. The number of rotatable bonds is 6. The minimum Gasteiger partial charge on any atom is -0.487 e. The summed E-state index contributed by atoms with van der Waals surface area (Å²) in [6.45, 7) is 6.95. The van der Waals surface area contributed by atoms with Gasteiger partial charge in [0.15, 0.2) is 0 Å². The highest BCUT2D eigenvalue weighted by molar-refractivity contribution is 6.31.